The molecule has 1 fully saturated rings. The van der Waals surface area contributed by atoms with Gasteiger partial charge in [0.2, 0.25) is 0 Å². The van der Waals surface area contributed by atoms with Crippen molar-refractivity contribution in [1.82, 2.24) is 9.80 Å². The zero-order valence-corrected chi connectivity index (χ0v) is 18.6. The van der Waals surface area contributed by atoms with Crippen molar-refractivity contribution in [3.63, 3.8) is 0 Å². The summed E-state index contributed by atoms with van der Waals surface area (Å²) in [6.45, 7) is 7.31. The van der Waals surface area contributed by atoms with E-state index in [9.17, 15) is 14.7 Å². The first-order chi connectivity index (χ1) is 14.3. The van der Waals surface area contributed by atoms with Gasteiger partial charge in [-0.25, -0.2) is 4.79 Å². The number of amides is 2. The van der Waals surface area contributed by atoms with E-state index >= 15 is 0 Å². The van der Waals surface area contributed by atoms with Gasteiger partial charge in [-0.2, -0.15) is 0 Å². The molecule has 2 rings (SSSR count). The van der Waals surface area contributed by atoms with Gasteiger partial charge >= 0.3 is 6.09 Å². The molecule has 0 spiro atoms. The normalized spacial score (nSPS) is 18.9. The van der Waals surface area contributed by atoms with E-state index in [1.165, 1.54) is 4.90 Å². The third kappa shape index (κ3) is 5.56. The quantitative estimate of drug-likeness (QED) is 0.613. The van der Waals surface area contributed by atoms with E-state index in [0.717, 1.165) is 19.3 Å². The van der Waals surface area contributed by atoms with Crippen molar-refractivity contribution in [2.45, 2.75) is 58.2 Å². The zero-order valence-electron chi connectivity index (χ0n) is 18.6. The standard InChI is InChI=1S/C22H34N2O6/c1-15(2)24(18-8-6-11-23(16(18)3)22(26)27)21(25)17-9-10-19(29-5)20(14-17)30-13-7-12-28-4/h9-10,14-16,18H,6-8,11-13H2,1-5H3,(H,26,27)/t16-,18-/m1/s1. The maximum atomic E-state index is 13.5. The summed E-state index contributed by atoms with van der Waals surface area (Å²) in [4.78, 5) is 28.3. The first-order valence-electron chi connectivity index (χ1n) is 10.4. The molecular formula is C22H34N2O6. The lowest BCUT2D eigenvalue weighted by atomic mass is 9.94. The minimum absolute atomic E-state index is 0.0770. The molecule has 1 saturated heterocycles. The van der Waals surface area contributed by atoms with Crippen molar-refractivity contribution in [3.8, 4) is 11.5 Å². The van der Waals surface area contributed by atoms with E-state index in [-0.39, 0.29) is 24.0 Å². The number of piperidine rings is 1. The van der Waals surface area contributed by atoms with Gasteiger partial charge in [-0.15, -0.1) is 0 Å². The molecule has 0 aliphatic carbocycles. The smallest absolute Gasteiger partial charge is 0.407 e. The Morgan fingerprint density at radius 1 is 1.23 bits per heavy atom. The number of carboxylic acid groups (broad SMARTS) is 1. The van der Waals surface area contributed by atoms with Crippen molar-refractivity contribution in [3.05, 3.63) is 23.8 Å². The van der Waals surface area contributed by atoms with E-state index < -0.39 is 6.09 Å². The van der Waals surface area contributed by atoms with Crippen LogP contribution in [-0.4, -0.2) is 79.0 Å². The molecule has 2 atom stereocenters. The number of hydrogen-bond donors (Lipinski definition) is 1. The molecule has 1 aliphatic heterocycles. The van der Waals surface area contributed by atoms with Gasteiger partial charge in [0.15, 0.2) is 11.5 Å². The number of carbonyl (C=O) groups excluding carboxylic acids is 1. The summed E-state index contributed by atoms with van der Waals surface area (Å²) in [7, 11) is 3.20. The number of hydrogen-bond acceptors (Lipinski definition) is 5. The molecule has 0 saturated carbocycles. The molecule has 30 heavy (non-hydrogen) atoms. The van der Waals surface area contributed by atoms with Crippen LogP contribution in [0.25, 0.3) is 0 Å². The molecule has 0 unspecified atom stereocenters. The number of rotatable bonds is 9. The van der Waals surface area contributed by atoms with Crippen LogP contribution in [0.5, 0.6) is 11.5 Å². The summed E-state index contributed by atoms with van der Waals surface area (Å²) in [6.07, 6.45) is 1.28. The molecular weight excluding hydrogens is 388 g/mol. The van der Waals surface area contributed by atoms with E-state index in [1.54, 1.807) is 37.3 Å². The molecule has 1 heterocycles. The van der Waals surface area contributed by atoms with Gasteiger partial charge in [0.05, 0.1) is 25.8 Å². The molecule has 1 aliphatic rings. The predicted molar refractivity (Wildman–Crippen MR) is 114 cm³/mol. The molecule has 2 amide bonds. The topological polar surface area (TPSA) is 88.5 Å². The van der Waals surface area contributed by atoms with Crippen LogP contribution in [0.1, 0.15) is 50.4 Å². The van der Waals surface area contributed by atoms with Crippen molar-refractivity contribution in [2.24, 2.45) is 0 Å². The summed E-state index contributed by atoms with van der Waals surface area (Å²) in [6, 6.07) is 4.62. The number of carbonyl (C=O) groups is 2. The fraction of sp³-hybridized carbons (Fsp3) is 0.636. The van der Waals surface area contributed by atoms with Crippen LogP contribution in [0.4, 0.5) is 4.79 Å². The van der Waals surface area contributed by atoms with Gasteiger partial charge in [-0.1, -0.05) is 0 Å². The Balaban J connectivity index is 2.27. The second kappa shape index (κ2) is 11.1. The van der Waals surface area contributed by atoms with Crippen LogP contribution in [0.15, 0.2) is 18.2 Å². The average molecular weight is 423 g/mol. The van der Waals surface area contributed by atoms with Crippen LogP contribution in [-0.2, 0) is 4.74 Å². The number of likely N-dealkylation sites (tertiary alicyclic amines) is 1. The fourth-order valence-electron chi connectivity index (χ4n) is 3.99. The van der Waals surface area contributed by atoms with E-state index in [0.29, 0.717) is 36.8 Å². The largest absolute Gasteiger partial charge is 0.493 e. The molecule has 1 aromatic rings. The van der Waals surface area contributed by atoms with E-state index in [2.05, 4.69) is 0 Å². The summed E-state index contributed by atoms with van der Waals surface area (Å²) in [5.41, 5.74) is 0.492. The highest BCUT2D eigenvalue weighted by Gasteiger charge is 2.38. The first-order valence-corrected chi connectivity index (χ1v) is 10.4. The van der Waals surface area contributed by atoms with Gasteiger partial charge in [0, 0.05) is 38.3 Å². The summed E-state index contributed by atoms with van der Waals surface area (Å²) >= 11 is 0. The second-order valence-corrected chi connectivity index (χ2v) is 7.79. The Bertz CT molecular complexity index is 724. The van der Waals surface area contributed by atoms with Crippen LogP contribution in [0.3, 0.4) is 0 Å². The summed E-state index contributed by atoms with van der Waals surface area (Å²) in [5.74, 6) is 0.925. The minimum atomic E-state index is -0.945. The first kappa shape index (κ1) is 23.8. The number of ether oxygens (including phenoxy) is 3. The van der Waals surface area contributed by atoms with Gasteiger partial charge in [-0.3, -0.25) is 4.79 Å². The third-order valence-corrected chi connectivity index (χ3v) is 5.50. The summed E-state index contributed by atoms with van der Waals surface area (Å²) in [5, 5.41) is 9.50. The van der Waals surface area contributed by atoms with Gasteiger partial charge in [0.25, 0.3) is 5.91 Å². The molecule has 0 radical (unpaired) electrons. The highest BCUT2D eigenvalue weighted by atomic mass is 16.5. The Morgan fingerprint density at radius 2 is 1.97 bits per heavy atom. The number of methoxy groups -OCH3 is 2. The molecule has 0 bridgehead atoms. The van der Waals surface area contributed by atoms with Crippen LogP contribution in [0.2, 0.25) is 0 Å². The zero-order chi connectivity index (χ0) is 22.3. The maximum Gasteiger partial charge on any atom is 0.407 e. The van der Waals surface area contributed by atoms with Gasteiger partial charge < -0.3 is 29.1 Å². The van der Waals surface area contributed by atoms with Crippen LogP contribution in [0, 0.1) is 0 Å². The van der Waals surface area contributed by atoms with Crippen molar-refractivity contribution >= 4 is 12.0 Å². The number of benzene rings is 1. The van der Waals surface area contributed by atoms with E-state index in [4.69, 9.17) is 14.2 Å². The van der Waals surface area contributed by atoms with Crippen molar-refractivity contribution in [1.29, 1.82) is 0 Å². The molecule has 0 aromatic heterocycles. The predicted octanol–water partition coefficient (Wildman–Crippen LogP) is 3.49. The SMILES string of the molecule is COCCCOc1cc(C(=O)N(C(C)C)[C@@H]2CCCN(C(=O)O)[C@@H]2C)ccc1OC. The molecule has 8 heteroatoms. The molecule has 168 valence electrons. The van der Waals surface area contributed by atoms with Crippen molar-refractivity contribution < 1.29 is 28.9 Å². The lowest BCUT2D eigenvalue weighted by Gasteiger charge is -2.45. The monoisotopic (exact) mass is 422 g/mol. The lowest BCUT2D eigenvalue weighted by Crippen LogP contribution is -2.58. The Kier molecular flexibility index (Phi) is 8.77. The minimum Gasteiger partial charge on any atom is -0.493 e. The third-order valence-electron chi connectivity index (χ3n) is 5.50. The molecule has 1 aromatic carbocycles. The fourth-order valence-corrected chi connectivity index (χ4v) is 3.99. The number of nitrogens with zero attached hydrogens (tertiary/aromatic N) is 2. The van der Waals surface area contributed by atoms with Gasteiger partial charge in [0.1, 0.15) is 0 Å². The van der Waals surface area contributed by atoms with Crippen LogP contribution >= 0.6 is 0 Å². The summed E-state index contributed by atoms with van der Waals surface area (Å²) < 4.78 is 16.2. The van der Waals surface area contributed by atoms with E-state index in [1.807, 2.05) is 20.8 Å². The second-order valence-electron chi connectivity index (χ2n) is 7.79. The van der Waals surface area contributed by atoms with Crippen LogP contribution < -0.4 is 9.47 Å². The highest BCUT2D eigenvalue weighted by molar-refractivity contribution is 5.95. The maximum absolute atomic E-state index is 13.5. The highest BCUT2D eigenvalue weighted by Crippen LogP contribution is 2.31. The molecule has 1 N–H and O–H groups in total. The Morgan fingerprint density at radius 3 is 2.57 bits per heavy atom. The van der Waals surface area contributed by atoms with Crippen molar-refractivity contribution in [2.75, 3.05) is 34.0 Å². The lowest BCUT2D eigenvalue weighted by molar-refractivity contribution is 0.0265. The van der Waals surface area contributed by atoms with Gasteiger partial charge in [-0.05, 0) is 51.8 Å². The Hall–Kier alpha value is -2.48. The average Bonchev–Trinajstić information content (AvgIpc) is 2.72. The Labute approximate surface area is 178 Å². The molecule has 8 nitrogen and oxygen atoms in total.